The second kappa shape index (κ2) is 10.7. The summed E-state index contributed by atoms with van der Waals surface area (Å²) in [5.41, 5.74) is 1.46. The average Bonchev–Trinajstić information content (AvgIpc) is 2.89. The van der Waals surface area contributed by atoms with E-state index < -0.39 is 18.0 Å². The molecule has 0 saturated carbocycles. The Bertz CT molecular complexity index is 1410. The molecule has 0 aliphatic carbocycles. The van der Waals surface area contributed by atoms with E-state index in [-0.39, 0.29) is 23.5 Å². The molecule has 1 heterocycles. The zero-order valence-electron chi connectivity index (χ0n) is 19.4. The van der Waals surface area contributed by atoms with Crippen LogP contribution in [0.2, 0.25) is 0 Å². The number of carbonyl (C=O) groups is 2. The zero-order valence-corrected chi connectivity index (χ0v) is 19.4. The van der Waals surface area contributed by atoms with Crippen LogP contribution in [-0.4, -0.2) is 24.6 Å². The van der Waals surface area contributed by atoms with E-state index in [9.17, 15) is 14.4 Å². The lowest BCUT2D eigenvalue weighted by Gasteiger charge is -2.19. The number of anilines is 1. The Morgan fingerprint density at radius 3 is 2.43 bits per heavy atom. The van der Waals surface area contributed by atoms with Crippen molar-refractivity contribution in [3.63, 3.8) is 0 Å². The zero-order chi connectivity index (χ0) is 24.8. The number of hydrogen-bond donors (Lipinski definition) is 1. The average molecular weight is 472 g/mol. The Morgan fingerprint density at radius 2 is 1.69 bits per heavy atom. The molecule has 0 aliphatic rings. The predicted molar refractivity (Wildman–Crippen MR) is 134 cm³/mol. The lowest BCUT2D eigenvalue weighted by atomic mass is 10.1. The van der Waals surface area contributed by atoms with Crippen LogP contribution in [0.3, 0.4) is 0 Å². The number of para-hydroxylation sites is 1. The number of carbonyl (C=O) groups excluding carboxylic acids is 2. The van der Waals surface area contributed by atoms with Crippen LogP contribution in [0.1, 0.15) is 30.6 Å². The van der Waals surface area contributed by atoms with Crippen molar-refractivity contribution < 1.29 is 23.5 Å². The van der Waals surface area contributed by atoms with Gasteiger partial charge in [0.25, 0.3) is 5.91 Å². The van der Waals surface area contributed by atoms with E-state index in [0.717, 1.165) is 0 Å². The number of rotatable bonds is 8. The topological polar surface area (TPSA) is 94.8 Å². The van der Waals surface area contributed by atoms with Gasteiger partial charge in [0.05, 0.1) is 17.6 Å². The van der Waals surface area contributed by atoms with Crippen LogP contribution in [0.5, 0.6) is 5.75 Å². The van der Waals surface area contributed by atoms with Crippen molar-refractivity contribution in [3.05, 3.63) is 94.6 Å². The van der Waals surface area contributed by atoms with Crippen molar-refractivity contribution in [2.75, 3.05) is 11.9 Å². The van der Waals surface area contributed by atoms with E-state index in [1.807, 2.05) is 30.3 Å². The summed E-state index contributed by atoms with van der Waals surface area (Å²) < 4.78 is 17.1. The maximum atomic E-state index is 13.4. The smallest absolute Gasteiger partial charge is 0.338 e. The highest BCUT2D eigenvalue weighted by Crippen LogP contribution is 2.31. The third-order valence-electron chi connectivity index (χ3n) is 5.36. The van der Waals surface area contributed by atoms with Crippen LogP contribution in [0.4, 0.5) is 5.69 Å². The van der Waals surface area contributed by atoms with E-state index in [1.54, 1.807) is 56.3 Å². The molecule has 0 saturated heterocycles. The van der Waals surface area contributed by atoms with Gasteiger partial charge in [0.2, 0.25) is 11.2 Å². The van der Waals surface area contributed by atoms with Gasteiger partial charge in [-0.15, -0.1) is 0 Å². The van der Waals surface area contributed by atoms with Gasteiger partial charge in [-0.25, -0.2) is 4.79 Å². The maximum Gasteiger partial charge on any atom is 0.338 e. The number of amides is 1. The monoisotopic (exact) mass is 471 g/mol. The molecular formula is C28H25NO6. The summed E-state index contributed by atoms with van der Waals surface area (Å²) in [6.07, 6.45) is -0.683. The molecule has 35 heavy (non-hydrogen) atoms. The molecule has 1 aromatic heterocycles. The fourth-order valence-electron chi connectivity index (χ4n) is 3.64. The van der Waals surface area contributed by atoms with Gasteiger partial charge in [-0.2, -0.15) is 0 Å². The molecule has 3 aromatic carbocycles. The van der Waals surface area contributed by atoms with Crippen molar-refractivity contribution in [3.8, 4) is 17.1 Å². The second-order valence-electron chi connectivity index (χ2n) is 7.76. The van der Waals surface area contributed by atoms with Crippen molar-refractivity contribution in [1.29, 1.82) is 0 Å². The molecule has 4 rings (SSSR count). The minimum Gasteiger partial charge on any atom is -0.473 e. The van der Waals surface area contributed by atoms with Crippen LogP contribution >= 0.6 is 0 Å². The quantitative estimate of drug-likeness (QED) is 0.344. The molecular weight excluding hydrogens is 446 g/mol. The molecule has 7 heteroatoms. The van der Waals surface area contributed by atoms with Gasteiger partial charge in [0, 0.05) is 11.3 Å². The molecule has 7 nitrogen and oxygen atoms in total. The van der Waals surface area contributed by atoms with Gasteiger partial charge in [0.15, 0.2) is 11.9 Å². The Hall–Kier alpha value is -4.39. The predicted octanol–water partition coefficient (Wildman–Crippen LogP) is 5.43. The number of esters is 1. The molecule has 0 spiro atoms. The Morgan fingerprint density at radius 1 is 0.943 bits per heavy atom. The molecule has 0 radical (unpaired) electrons. The van der Waals surface area contributed by atoms with E-state index in [2.05, 4.69) is 5.32 Å². The van der Waals surface area contributed by atoms with Crippen LogP contribution in [0, 0.1) is 0 Å². The van der Waals surface area contributed by atoms with Gasteiger partial charge in [-0.05, 0) is 43.7 Å². The first kappa shape index (κ1) is 23.8. The van der Waals surface area contributed by atoms with Crippen molar-refractivity contribution >= 4 is 28.5 Å². The first-order valence-electron chi connectivity index (χ1n) is 11.4. The number of benzene rings is 3. The van der Waals surface area contributed by atoms with Crippen molar-refractivity contribution in [2.45, 2.75) is 26.4 Å². The lowest BCUT2D eigenvalue weighted by Crippen LogP contribution is -2.34. The summed E-state index contributed by atoms with van der Waals surface area (Å²) >= 11 is 0. The largest absolute Gasteiger partial charge is 0.473 e. The molecule has 4 aromatic rings. The third-order valence-corrected chi connectivity index (χ3v) is 5.36. The van der Waals surface area contributed by atoms with E-state index >= 15 is 0 Å². The third kappa shape index (κ3) is 5.24. The minimum atomic E-state index is -0.979. The van der Waals surface area contributed by atoms with Gasteiger partial charge < -0.3 is 19.2 Å². The maximum absolute atomic E-state index is 13.4. The fraction of sp³-hybridized carbons (Fsp3) is 0.179. The van der Waals surface area contributed by atoms with Crippen molar-refractivity contribution in [1.82, 2.24) is 0 Å². The number of hydrogen-bond acceptors (Lipinski definition) is 6. The molecule has 0 fully saturated rings. The lowest BCUT2D eigenvalue weighted by molar-refractivity contribution is -0.122. The van der Waals surface area contributed by atoms with Crippen molar-refractivity contribution in [2.24, 2.45) is 0 Å². The number of fused-ring (bicyclic) bond motifs is 1. The van der Waals surface area contributed by atoms with Crippen LogP contribution in [0.15, 0.2) is 88.1 Å². The molecule has 0 aliphatic heterocycles. The Kier molecular flexibility index (Phi) is 7.26. The molecule has 1 unspecified atom stereocenters. The molecule has 178 valence electrons. The normalized spacial score (nSPS) is 11.6. The molecule has 0 bridgehead atoms. The summed E-state index contributed by atoms with van der Waals surface area (Å²) in [6.45, 7) is 3.75. The number of nitrogens with one attached hydrogen (secondary N) is 1. The van der Waals surface area contributed by atoms with Gasteiger partial charge in [-0.3, -0.25) is 9.59 Å². The molecule has 1 amide bonds. The standard InChI is InChI=1S/C28H25NO6/c1-3-22(27(31)29-20-14-10-13-19(17-20)28(32)33-4-2)34-26-24(30)21-15-8-9-16-23(21)35-25(26)18-11-6-5-7-12-18/h5-17,22H,3-4H2,1-2H3,(H,29,31). The SMILES string of the molecule is CCOC(=O)c1cccc(NC(=O)C(CC)Oc2c(-c3ccccc3)oc3ccccc3c2=O)c1. The number of ether oxygens (including phenoxy) is 2. The highest BCUT2D eigenvalue weighted by atomic mass is 16.5. The second-order valence-corrected chi connectivity index (χ2v) is 7.76. The van der Waals surface area contributed by atoms with E-state index in [1.165, 1.54) is 6.07 Å². The highest BCUT2D eigenvalue weighted by molar-refractivity contribution is 5.97. The Balaban J connectivity index is 1.66. The summed E-state index contributed by atoms with van der Waals surface area (Å²) in [4.78, 5) is 38.5. The summed E-state index contributed by atoms with van der Waals surface area (Å²) in [6, 6.07) is 22.5. The van der Waals surface area contributed by atoms with Gasteiger partial charge >= 0.3 is 5.97 Å². The van der Waals surface area contributed by atoms with Gasteiger partial charge in [-0.1, -0.05) is 55.5 Å². The van der Waals surface area contributed by atoms with E-state index in [0.29, 0.717) is 34.2 Å². The minimum absolute atomic E-state index is 0.0304. The van der Waals surface area contributed by atoms with Gasteiger partial charge in [0.1, 0.15) is 5.58 Å². The first-order valence-corrected chi connectivity index (χ1v) is 11.4. The Labute approximate surface area is 202 Å². The molecule has 1 N–H and O–H groups in total. The fourth-order valence-corrected chi connectivity index (χ4v) is 3.64. The van der Waals surface area contributed by atoms with Crippen LogP contribution in [0.25, 0.3) is 22.3 Å². The van der Waals surface area contributed by atoms with E-state index in [4.69, 9.17) is 13.9 Å². The van der Waals surface area contributed by atoms with Crippen LogP contribution < -0.4 is 15.5 Å². The highest BCUT2D eigenvalue weighted by Gasteiger charge is 2.25. The molecule has 1 atom stereocenters. The summed E-state index contributed by atoms with van der Waals surface area (Å²) in [5.74, 6) is -0.713. The summed E-state index contributed by atoms with van der Waals surface area (Å²) in [5, 5.41) is 3.12. The first-order chi connectivity index (χ1) is 17.0. The summed E-state index contributed by atoms with van der Waals surface area (Å²) in [7, 11) is 0. The van der Waals surface area contributed by atoms with Crippen LogP contribution in [-0.2, 0) is 9.53 Å².